The number of ether oxygens (including phenoxy) is 1. The lowest BCUT2D eigenvalue weighted by Crippen LogP contribution is -2.44. The maximum atomic E-state index is 12.9. The summed E-state index contributed by atoms with van der Waals surface area (Å²) in [4.78, 5) is 22.9. The van der Waals surface area contributed by atoms with Crippen molar-refractivity contribution in [3.05, 3.63) is 41.1 Å². The molecule has 0 heterocycles. The monoisotopic (exact) mass is 408 g/mol. The number of halogens is 5. The van der Waals surface area contributed by atoms with E-state index in [9.17, 15) is 31.5 Å². The Morgan fingerprint density at radius 1 is 1.14 bits per heavy atom. The summed E-state index contributed by atoms with van der Waals surface area (Å²) in [7, 11) is 0. The first-order valence-electron chi connectivity index (χ1n) is 8.21. The zero-order valence-electron chi connectivity index (χ0n) is 15.7. The Morgan fingerprint density at radius 2 is 1.75 bits per heavy atom. The molecule has 0 aliphatic heterocycles. The minimum absolute atomic E-state index is 0.0616. The van der Waals surface area contributed by atoms with Crippen LogP contribution in [0, 0.1) is 6.92 Å². The first-order valence-corrected chi connectivity index (χ1v) is 8.21. The van der Waals surface area contributed by atoms with Crippen LogP contribution < -0.4 is 15.6 Å². The number of benzene rings is 1. The molecule has 2 N–H and O–H groups in total. The molecule has 0 aliphatic rings. The fourth-order valence-corrected chi connectivity index (χ4v) is 2.05. The van der Waals surface area contributed by atoms with Gasteiger partial charge < -0.3 is 10.2 Å². The highest BCUT2D eigenvalue weighted by Gasteiger charge is 2.62. The summed E-state index contributed by atoms with van der Waals surface area (Å²) >= 11 is 0. The van der Waals surface area contributed by atoms with Crippen LogP contribution >= 0.6 is 0 Å². The lowest BCUT2D eigenvalue weighted by molar-refractivity contribution is -0.266. The van der Waals surface area contributed by atoms with Crippen LogP contribution in [0.1, 0.15) is 37.8 Å². The van der Waals surface area contributed by atoms with Gasteiger partial charge in [-0.3, -0.25) is 15.0 Å². The summed E-state index contributed by atoms with van der Waals surface area (Å²) < 4.78 is 67.6. The number of hydrogen-bond donors (Lipinski definition) is 2. The van der Waals surface area contributed by atoms with E-state index in [0.717, 1.165) is 18.1 Å². The van der Waals surface area contributed by atoms with Gasteiger partial charge in [0, 0.05) is 11.8 Å². The molecule has 1 aromatic carbocycles. The van der Waals surface area contributed by atoms with Crippen molar-refractivity contribution in [2.24, 2.45) is 0 Å². The zero-order chi connectivity index (χ0) is 21.7. The van der Waals surface area contributed by atoms with E-state index in [4.69, 9.17) is 4.74 Å². The van der Waals surface area contributed by atoms with Crippen LogP contribution in [0.5, 0.6) is 5.75 Å². The minimum atomic E-state index is -6.00. The molecule has 156 valence electrons. The average Bonchev–Trinajstić information content (AvgIpc) is 2.56. The maximum absolute atomic E-state index is 12.9. The Kier molecular flexibility index (Phi) is 7.54. The van der Waals surface area contributed by atoms with Crippen LogP contribution in [0.2, 0.25) is 0 Å². The molecular weight excluding hydrogens is 387 g/mol. The van der Waals surface area contributed by atoms with E-state index in [1.165, 1.54) is 0 Å². The van der Waals surface area contributed by atoms with Gasteiger partial charge in [-0.05, 0) is 37.0 Å². The third kappa shape index (κ3) is 6.21. The SMILES string of the molecule is C/C(=C\C(=O)C(F)(F)C(F)(F)F)NNC(=O)COc1cc(C)ccc1C(C)C. The average molecular weight is 408 g/mol. The van der Waals surface area contributed by atoms with Gasteiger partial charge in [-0.1, -0.05) is 26.0 Å². The molecule has 0 bridgehead atoms. The molecular formula is C18H21F5N2O3. The zero-order valence-corrected chi connectivity index (χ0v) is 15.7. The number of alkyl halides is 5. The molecule has 0 radical (unpaired) electrons. The van der Waals surface area contributed by atoms with E-state index in [1.807, 2.05) is 32.9 Å². The molecule has 0 aliphatic carbocycles. The van der Waals surface area contributed by atoms with Crippen LogP contribution in [0.4, 0.5) is 22.0 Å². The summed E-state index contributed by atoms with van der Waals surface area (Å²) in [6.45, 7) is 6.35. The van der Waals surface area contributed by atoms with Crippen molar-refractivity contribution in [2.75, 3.05) is 6.61 Å². The lowest BCUT2D eigenvalue weighted by atomic mass is 10.0. The summed E-state index contributed by atoms with van der Waals surface area (Å²) in [5.74, 6) is -8.04. The quantitative estimate of drug-likeness (QED) is 0.390. The summed E-state index contributed by atoms with van der Waals surface area (Å²) in [6.07, 6.45) is -5.94. The first-order chi connectivity index (χ1) is 12.8. The minimum Gasteiger partial charge on any atom is -0.483 e. The number of allylic oxidation sites excluding steroid dienone is 2. The second-order valence-electron chi connectivity index (χ2n) is 6.42. The van der Waals surface area contributed by atoms with Crippen LogP contribution in [-0.2, 0) is 9.59 Å². The maximum Gasteiger partial charge on any atom is 0.461 e. The van der Waals surface area contributed by atoms with Crippen molar-refractivity contribution < 1.29 is 36.3 Å². The molecule has 0 spiro atoms. The smallest absolute Gasteiger partial charge is 0.461 e. The number of carbonyl (C=O) groups excluding carboxylic acids is 2. The van der Waals surface area contributed by atoms with Crippen molar-refractivity contribution in [1.29, 1.82) is 0 Å². The van der Waals surface area contributed by atoms with Gasteiger partial charge in [0.25, 0.3) is 5.91 Å². The molecule has 0 saturated heterocycles. The highest BCUT2D eigenvalue weighted by Crippen LogP contribution is 2.36. The van der Waals surface area contributed by atoms with E-state index in [1.54, 1.807) is 6.07 Å². The molecule has 1 rings (SSSR count). The number of amides is 1. The van der Waals surface area contributed by atoms with Crippen molar-refractivity contribution in [3.63, 3.8) is 0 Å². The van der Waals surface area contributed by atoms with Crippen molar-refractivity contribution in [1.82, 2.24) is 10.9 Å². The Hall–Kier alpha value is -2.65. The number of aryl methyl sites for hydroxylation is 1. The second-order valence-corrected chi connectivity index (χ2v) is 6.42. The number of hydrogen-bond acceptors (Lipinski definition) is 4. The highest BCUT2D eigenvalue weighted by atomic mass is 19.4. The molecule has 0 saturated carbocycles. The molecule has 10 heteroatoms. The van der Waals surface area contributed by atoms with Crippen LogP contribution in [-0.4, -0.2) is 30.4 Å². The van der Waals surface area contributed by atoms with Crippen molar-refractivity contribution in [2.45, 2.75) is 45.7 Å². The van der Waals surface area contributed by atoms with Gasteiger partial charge in [0.1, 0.15) is 5.75 Å². The van der Waals surface area contributed by atoms with Gasteiger partial charge in [0.05, 0.1) is 0 Å². The van der Waals surface area contributed by atoms with E-state index < -0.39 is 36.1 Å². The van der Waals surface area contributed by atoms with Gasteiger partial charge in [-0.25, -0.2) is 0 Å². The third-order valence-electron chi connectivity index (χ3n) is 3.56. The van der Waals surface area contributed by atoms with Gasteiger partial charge in [-0.2, -0.15) is 22.0 Å². The largest absolute Gasteiger partial charge is 0.483 e. The molecule has 28 heavy (non-hydrogen) atoms. The molecule has 1 aromatic rings. The fourth-order valence-electron chi connectivity index (χ4n) is 2.05. The summed E-state index contributed by atoms with van der Waals surface area (Å²) in [5.41, 5.74) is 5.53. The van der Waals surface area contributed by atoms with Crippen LogP contribution in [0.3, 0.4) is 0 Å². The normalized spacial score (nSPS) is 12.7. The number of carbonyl (C=O) groups is 2. The summed E-state index contributed by atoms with van der Waals surface area (Å²) in [6, 6.07) is 5.51. The fraction of sp³-hybridized carbons (Fsp3) is 0.444. The molecule has 0 unspecified atom stereocenters. The predicted molar refractivity (Wildman–Crippen MR) is 91.8 cm³/mol. The van der Waals surface area contributed by atoms with Gasteiger partial charge >= 0.3 is 12.1 Å². The predicted octanol–water partition coefficient (Wildman–Crippen LogP) is 3.79. The van der Waals surface area contributed by atoms with E-state index >= 15 is 0 Å². The Bertz CT molecular complexity index is 758. The molecule has 0 fully saturated rings. The first kappa shape index (κ1) is 23.4. The Labute approximate surface area is 158 Å². The van der Waals surface area contributed by atoms with E-state index in [2.05, 4.69) is 10.9 Å². The standard InChI is InChI=1S/C18H21F5N2O3/c1-10(2)13-6-5-11(3)7-14(13)28-9-16(27)25-24-12(4)8-15(26)17(19,20)18(21,22)23/h5-8,10,24H,9H2,1-4H3,(H,25,27)/b12-8+. The van der Waals surface area contributed by atoms with Gasteiger partial charge in [0.2, 0.25) is 5.78 Å². The lowest BCUT2D eigenvalue weighted by Gasteiger charge is -2.17. The van der Waals surface area contributed by atoms with Crippen molar-refractivity contribution >= 4 is 11.7 Å². The third-order valence-corrected chi connectivity index (χ3v) is 3.56. The van der Waals surface area contributed by atoms with Crippen LogP contribution in [0.25, 0.3) is 0 Å². The van der Waals surface area contributed by atoms with Crippen LogP contribution in [0.15, 0.2) is 30.0 Å². The van der Waals surface area contributed by atoms with E-state index in [0.29, 0.717) is 5.75 Å². The number of rotatable bonds is 8. The second kappa shape index (κ2) is 9.03. The summed E-state index contributed by atoms with van der Waals surface area (Å²) in [5, 5.41) is 0. The highest BCUT2D eigenvalue weighted by molar-refractivity contribution is 5.96. The van der Waals surface area contributed by atoms with Gasteiger partial charge in [0.15, 0.2) is 6.61 Å². The molecule has 5 nitrogen and oxygen atoms in total. The number of nitrogens with one attached hydrogen (secondary N) is 2. The Balaban J connectivity index is 2.64. The van der Waals surface area contributed by atoms with Gasteiger partial charge in [-0.15, -0.1) is 0 Å². The molecule has 0 aromatic heterocycles. The molecule has 0 atom stereocenters. The number of hydrazine groups is 1. The number of ketones is 1. The van der Waals surface area contributed by atoms with Crippen molar-refractivity contribution in [3.8, 4) is 5.75 Å². The molecule has 1 amide bonds. The Morgan fingerprint density at radius 3 is 2.29 bits per heavy atom. The topological polar surface area (TPSA) is 67.4 Å². The van der Waals surface area contributed by atoms with E-state index in [-0.39, 0.29) is 12.0 Å².